The fraction of sp³-hybridized carbons (Fsp3) is 0.286. The molecule has 0 aliphatic carbocycles. The van der Waals surface area contributed by atoms with Crippen LogP contribution in [0.1, 0.15) is 12.0 Å². The zero-order valence-electron chi connectivity index (χ0n) is 16.1. The molecule has 150 valence electrons. The van der Waals surface area contributed by atoms with Crippen molar-refractivity contribution in [2.75, 3.05) is 13.2 Å². The molecule has 8 heteroatoms. The van der Waals surface area contributed by atoms with Gasteiger partial charge in [-0.15, -0.1) is 0 Å². The van der Waals surface area contributed by atoms with E-state index in [0.29, 0.717) is 30.2 Å². The van der Waals surface area contributed by atoms with Gasteiger partial charge >= 0.3 is 0 Å². The van der Waals surface area contributed by atoms with Crippen molar-refractivity contribution in [1.82, 2.24) is 20.1 Å². The lowest BCUT2D eigenvalue weighted by Gasteiger charge is -2.26. The first-order chi connectivity index (χ1) is 14.1. The topological polar surface area (TPSA) is 81.2 Å². The lowest BCUT2D eigenvalue weighted by molar-refractivity contribution is -0.121. The molecule has 4 rings (SSSR count). The van der Waals surface area contributed by atoms with E-state index in [0.717, 1.165) is 22.7 Å². The van der Waals surface area contributed by atoms with E-state index in [2.05, 4.69) is 15.5 Å². The number of hydrogen-bond donors (Lipinski definition) is 2. The van der Waals surface area contributed by atoms with Crippen LogP contribution in [0.3, 0.4) is 0 Å². The number of amides is 1. The number of nitrogens with one attached hydrogen (secondary N) is 2. The van der Waals surface area contributed by atoms with Crippen molar-refractivity contribution < 1.29 is 14.3 Å². The first-order valence-electron chi connectivity index (χ1n) is 9.47. The lowest BCUT2D eigenvalue weighted by atomic mass is 10.1. The molecular formula is C21H22N4O3S. The third-order valence-electron chi connectivity index (χ3n) is 4.69. The number of aromatic nitrogens is 3. The molecule has 0 saturated carbocycles. The van der Waals surface area contributed by atoms with Crippen molar-refractivity contribution in [1.29, 1.82) is 0 Å². The van der Waals surface area contributed by atoms with Gasteiger partial charge in [0.2, 0.25) is 5.91 Å². The van der Waals surface area contributed by atoms with Crippen LogP contribution < -0.4 is 14.8 Å². The van der Waals surface area contributed by atoms with Crippen molar-refractivity contribution in [2.45, 2.75) is 26.0 Å². The number of benzene rings is 2. The van der Waals surface area contributed by atoms with Gasteiger partial charge in [0.25, 0.3) is 0 Å². The summed E-state index contributed by atoms with van der Waals surface area (Å²) in [6.45, 7) is 3.25. The second-order valence-corrected chi connectivity index (χ2v) is 7.31. The van der Waals surface area contributed by atoms with Gasteiger partial charge in [-0.1, -0.05) is 35.9 Å². The molecule has 1 amide bonds. The van der Waals surface area contributed by atoms with Crippen LogP contribution in [0.25, 0.3) is 11.4 Å². The average molecular weight is 410 g/mol. The number of ether oxygens (including phenoxy) is 2. The minimum Gasteiger partial charge on any atom is -0.486 e. The van der Waals surface area contributed by atoms with E-state index in [1.165, 1.54) is 0 Å². The highest BCUT2D eigenvalue weighted by molar-refractivity contribution is 7.71. The number of aromatic amines is 1. The number of fused-ring (bicyclic) bond motifs is 1. The Morgan fingerprint density at radius 1 is 1.28 bits per heavy atom. The zero-order chi connectivity index (χ0) is 20.2. The quantitative estimate of drug-likeness (QED) is 0.610. The Morgan fingerprint density at radius 3 is 2.93 bits per heavy atom. The second-order valence-electron chi connectivity index (χ2n) is 6.93. The number of carbonyl (C=O) groups excluding carboxylic acids is 1. The summed E-state index contributed by atoms with van der Waals surface area (Å²) in [6.07, 6.45) is 0.0735. The van der Waals surface area contributed by atoms with Gasteiger partial charge in [-0.25, -0.2) is 0 Å². The Labute approximate surface area is 173 Å². The number of carbonyl (C=O) groups is 1. The highest BCUT2D eigenvalue weighted by Gasteiger charge is 2.21. The van der Waals surface area contributed by atoms with Gasteiger partial charge in [0.1, 0.15) is 12.7 Å². The highest BCUT2D eigenvalue weighted by atomic mass is 32.1. The van der Waals surface area contributed by atoms with Gasteiger partial charge in [0.05, 0.1) is 6.54 Å². The molecular weight excluding hydrogens is 388 g/mol. The molecule has 0 radical (unpaired) electrons. The summed E-state index contributed by atoms with van der Waals surface area (Å²) >= 11 is 5.34. The fourth-order valence-corrected chi connectivity index (χ4v) is 3.45. The van der Waals surface area contributed by atoms with E-state index >= 15 is 0 Å². The van der Waals surface area contributed by atoms with Crippen molar-refractivity contribution in [2.24, 2.45) is 0 Å². The molecule has 2 N–H and O–H groups in total. The molecule has 2 heterocycles. The molecule has 2 aromatic carbocycles. The van der Waals surface area contributed by atoms with Gasteiger partial charge in [-0.2, -0.15) is 5.10 Å². The number of hydrogen-bond acceptors (Lipinski definition) is 5. The van der Waals surface area contributed by atoms with Crippen LogP contribution in [-0.2, 0) is 11.3 Å². The van der Waals surface area contributed by atoms with E-state index < -0.39 is 0 Å². The van der Waals surface area contributed by atoms with Crippen LogP contribution in [0.4, 0.5) is 0 Å². The van der Waals surface area contributed by atoms with E-state index in [1.54, 1.807) is 0 Å². The summed E-state index contributed by atoms with van der Waals surface area (Å²) in [7, 11) is 0. The minimum atomic E-state index is -0.215. The van der Waals surface area contributed by atoms with Gasteiger partial charge in [-0.05, 0) is 37.3 Å². The summed E-state index contributed by atoms with van der Waals surface area (Å²) in [5, 5.41) is 10.1. The van der Waals surface area contributed by atoms with Crippen molar-refractivity contribution in [3.8, 4) is 22.9 Å². The Hall–Kier alpha value is -3.13. The number of nitrogens with zero attached hydrogens (tertiary/aromatic N) is 2. The molecule has 0 spiro atoms. The first-order valence-corrected chi connectivity index (χ1v) is 9.88. The van der Waals surface area contributed by atoms with Gasteiger partial charge in [0, 0.05) is 18.5 Å². The third-order valence-corrected chi connectivity index (χ3v) is 5.00. The standard InChI is InChI=1S/C21H22N4O3S/c1-14-5-4-6-15(11-14)20-23-24-21(29)25(20)10-9-19(26)22-12-16-13-27-17-7-2-3-8-18(17)28-16/h2-8,11,16H,9-10,12-13H2,1H3,(H,22,26)(H,24,29)/t16-/m0/s1. The molecule has 7 nitrogen and oxygen atoms in total. The normalized spacial score (nSPS) is 15.1. The van der Waals surface area contributed by atoms with Crippen molar-refractivity contribution in [3.63, 3.8) is 0 Å². The maximum Gasteiger partial charge on any atom is 0.221 e. The molecule has 0 unspecified atom stereocenters. The maximum atomic E-state index is 12.4. The molecule has 1 aromatic heterocycles. The average Bonchev–Trinajstić information content (AvgIpc) is 3.11. The number of rotatable bonds is 6. The SMILES string of the molecule is Cc1cccc(-c2n[nH]c(=S)n2CCC(=O)NC[C@H]2COc3ccccc3O2)c1. The molecule has 29 heavy (non-hydrogen) atoms. The van der Waals surface area contributed by atoms with E-state index in [9.17, 15) is 4.79 Å². The summed E-state index contributed by atoms with van der Waals surface area (Å²) in [5.41, 5.74) is 2.10. The minimum absolute atomic E-state index is 0.0780. The van der Waals surface area contributed by atoms with Crippen LogP contribution in [0.15, 0.2) is 48.5 Å². The molecule has 0 saturated heterocycles. The van der Waals surface area contributed by atoms with E-state index in [1.807, 2.05) is 60.0 Å². The summed E-state index contributed by atoms with van der Waals surface area (Å²) in [5.74, 6) is 2.08. The van der Waals surface area contributed by atoms with Gasteiger partial charge in [0.15, 0.2) is 22.1 Å². The fourth-order valence-electron chi connectivity index (χ4n) is 3.22. The van der Waals surface area contributed by atoms with Crippen LogP contribution in [0.2, 0.25) is 0 Å². The van der Waals surface area contributed by atoms with E-state index in [-0.39, 0.29) is 18.4 Å². The number of H-pyrrole nitrogens is 1. The molecule has 0 fully saturated rings. The lowest BCUT2D eigenvalue weighted by Crippen LogP contribution is -2.40. The van der Waals surface area contributed by atoms with Crippen LogP contribution in [-0.4, -0.2) is 39.9 Å². The van der Waals surface area contributed by atoms with Gasteiger partial charge < -0.3 is 14.8 Å². The zero-order valence-corrected chi connectivity index (χ0v) is 16.9. The summed E-state index contributed by atoms with van der Waals surface area (Å²) < 4.78 is 13.9. The Kier molecular flexibility index (Phi) is 5.62. The largest absolute Gasteiger partial charge is 0.486 e. The third kappa shape index (κ3) is 4.48. The van der Waals surface area contributed by atoms with Crippen LogP contribution in [0.5, 0.6) is 11.5 Å². The van der Waals surface area contributed by atoms with E-state index in [4.69, 9.17) is 21.7 Å². The molecule has 0 bridgehead atoms. The molecule has 3 aromatic rings. The molecule has 1 aliphatic heterocycles. The predicted octanol–water partition coefficient (Wildman–Crippen LogP) is 3.26. The Morgan fingerprint density at radius 2 is 2.10 bits per heavy atom. The first kappa shape index (κ1) is 19.2. The second kappa shape index (κ2) is 8.48. The van der Waals surface area contributed by atoms with Gasteiger partial charge in [-0.3, -0.25) is 14.5 Å². The van der Waals surface area contributed by atoms with Crippen molar-refractivity contribution in [3.05, 3.63) is 58.9 Å². The highest BCUT2D eigenvalue weighted by Crippen LogP contribution is 2.30. The number of para-hydroxylation sites is 2. The van der Waals surface area contributed by atoms with Crippen LogP contribution in [0, 0.1) is 11.7 Å². The van der Waals surface area contributed by atoms with Crippen LogP contribution >= 0.6 is 12.2 Å². The monoisotopic (exact) mass is 410 g/mol. The summed E-state index contributed by atoms with van der Waals surface area (Å²) in [6, 6.07) is 15.5. The Balaban J connectivity index is 1.33. The smallest absolute Gasteiger partial charge is 0.221 e. The maximum absolute atomic E-state index is 12.4. The predicted molar refractivity (Wildman–Crippen MR) is 112 cm³/mol. The van der Waals surface area contributed by atoms with Crippen molar-refractivity contribution >= 4 is 18.1 Å². The number of aryl methyl sites for hydroxylation is 1. The summed E-state index contributed by atoms with van der Waals surface area (Å²) in [4.78, 5) is 12.4. The Bertz CT molecular complexity index is 1080. The molecule has 1 aliphatic rings. The molecule has 1 atom stereocenters.